The molecule has 0 aliphatic carbocycles. The number of hydrogen-bond donors (Lipinski definition) is 7. The third kappa shape index (κ3) is 4.87. The average molecular weight is 679 g/mol. The Bertz CT molecular complexity index is 1390. The summed E-state index contributed by atoms with van der Waals surface area (Å²) in [6, 6.07) is 0. The molecule has 0 aromatic heterocycles. The Labute approximate surface area is 266 Å². The second-order valence-electron chi connectivity index (χ2n) is 11.5. The number of esters is 1. The monoisotopic (exact) mass is 678 g/mol. The molecule has 7 N–H and O–H groups in total. The van der Waals surface area contributed by atoms with Gasteiger partial charge in [-0.05, 0) is 41.5 Å². The van der Waals surface area contributed by atoms with Crippen molar-refractivity contribution in [2.75, 3.05) is 6.61 Å². The summed E-state index contributed by atoms with van der Waals surface area (Å²) in [6.45, 7) is 2.44. The fraction of sp³-hybridized carbons (Fsp3) is 0.714. The summed E-state index contributed by atoms with van der Waals surface area (Å²) in [7, 11) is 0. The first-order valence-electron chi connectivity index (χ1n) is 13.9. The molecule has 0 aromatic rings. The van der Waals surface area contributed by atoms with Crippen molar-refractivity contribution in [1.29, 1.82) is 0 Å². The van der Waals surface area contributed by atoms with Crippen LogP contribution in [0, 0.1) is 0 Å². The molecule has 0 saturated carbocycles. The highest BCUT2D eigenvalue weighted by molar-refractivity contribution is 6.20. The summed E-state index contributed by atoms with van der Waals surface area (Å²) >= 11 is 0. The van der Waals surface area contributed by atoms with E-state index in [9.17, 15) is 74.1 Å². The van der Waals surface area contributed by atoms with Crippen molar-refractivity contribution < 1.29 is 93.0 Å². The smallest absolute Gasteiger partial charge is 0.303 e. The summed E-state index contributed by atoms with van der Waals surface area (Å²) in [4.78, 5) is 106. The minimum absolute atomic E-state index is 0.340. The molecule has 2 heterocycles. The van der Waals surface area contributed by atoms with Crippen LogP contribution in [0.4, 0.5) is 0 Å². The molecule has 2 rings (SSSR count). The molecule has 264 valence electrons. The second-order valence-corrected chi connectivity index (χ2v) is 11.5. The molecule has 2 aliphatic rings. The van der Waals surface area contributed by atoms with Crippen LogP contribution < -0.4 is 0 Å². The number of aliphatic hydroxyl groups excluding tert-OH is 3. The third-order valence-corrected chi connectivity index (χ3v) is 8.75. The minimum Gasteiger partial charge on any atom is -0.457 e. The zero-order chi connectivity index (χ0) is 37.0. The lowest BCUT2D eigenvalue weighted by Gasteiger charge is -2.67. The predicted molar refractivity (Wildman–Crippen MR) is 146 cm³/mol. The van der Waals surface area contributed by atoms with Crippen molar-refractivity contribution in [2.45, 2.75) is 120 Å². The van der Waals surface area contributed by atoms with Crippen LogP contribution in [0.1, 0.15) is 55.4 Å². The van der Waals surface area contributed by atoms with Crippen LogP contribution in [0.25, 0.3) is 0 Å². The van der Waals surface area contributed by atoms with Gasteiger partial charge in [-0.15, -0.1) is 0 Å². The topological polar surface area (TPSA) is 315 Å². The fourth-order valence-electron chi connectivity index (χ4n) is 6.51. The van der Waals surface area contributed by atoms with Crippen molar-refractivity contribution in [3.63, 3.8) is 0 Å². The van der Waals surface area contributed by atoms with Crippen LogP contribution in [0.15, 0.2) is 0 Å². The first-order valence-corrected chi connectivity index (χ1v) is 13.9. The predicted octanol–water partition coefficient (Wildman–Crippen LogP) is -5.11. The Morgan fingerprint density at radius 1 is 0.702 bits per heavy atom. The van der Waals surface area contributed by atoms with E-state index in [1.165, 1.54) is 0 Å². The normalized spacial score (nSPS) is 39.0. The number of ketones is 7. The first-order chi connectivity index (χ1) is 21.2. The number of aliphatic hydroxyl groups is 7. The molecule has 0 amide bonds. The van der Waals surface area contributed by atoms with Crippen molar-refractivity contribution in [2.24, 2.45) is 0 Å². The van der Waals surface area contributed by atoms with Crippen LogP contribution in [-0.2, 0) is 57.3 Å². The standard InChI is InChI=1S/C28H38O19/c1-10(30)23(40,11(2)31)26(14(5)34)27(15(6)35,46-22-20(39)19(38)21(44-17(8)37)18(9-29)45-22)24(41,12(3)32)25(42,13(4)33)28(43,47-26)16(7)36/h18-22,29,38-43H,9H2,1-8H3/t18-,19?,20?,21?,22?,24-,25-,26-,27+,28?/m1/s1. The van der Waals surface area contributed by atoms with Gasteiger partial charge < -0.3 is 54.7 Å². The molecule has 5 unspecified atom stereocenters. The Morgan fingerprint density at radius 3 is 1.49 bits per heavy atom. The zero-order valence-electron chi connectivity index (χ0n) is 26.6. The highest BCUT2D eigenvalue weighted by Gasteiger charge is 2.94. The molecule has 19 heteroatoms. The van der Waals surface area contributed by atoms with Gasteiger partial charge in [0, 0.05) is 13.8 Å². The zero-order valence-corrected chi connectivity index (χ0v) is 26.6. The van der Waals surface area contributed by atoms with E-state index in [1.807, 2.05) is 0 Å². The molecule has 0 aromatic carbocycles. The van der Waals surface area contributed by atoms with E-state index in [1.54, 1.807) is 0 Å². The van der Waals surface area contributed by atoms with Crippen molar-refractivity contribution >= 4 is 46.5 Å². The van der Waals surface area contributed by atoms with E-state index in [2.05, 4.69) is 0 Å². The lowest BCUT2D eigenvalue weighted by molar-refractivity contribution is -0.445. The van der Waals surface area contributed by atoms with Crippen LogP contribution in [0.5, 0.6) is 0 Å². The summed E-state index contributed by atoms with van der Waals surface area (Å²) in [5.74, 6) is -18.8. The summed E-state index contributed by atoms with van der Waals surface area (Å²) in [5.41, 5.74) is -21.9. The molecule has 0 radical (unpaired) electrons. The van der Waals surface area contributed by atoms with Gasteiger partial charge in [-0.3, -0.25) is 38.4 Å². The number of carbonyl (C=O) groups is 8. The van der Waals surface area contributed by atoms with E-state index in [0.29, 0.717) is 48.5 Å². The molecule has 2 aliphatic heterocycles. The summed E-state index contributed by atoms with van der Waals surface area (Å²) in [6.07, 6.45) is -11.5. The fourth-order valence-corrected chi connectivity index (χ4v) is 6.51. The van der Waals surface area contributed by atoms with Crippen molar-refractivity contribution in [3.8, 4) is 0 Å². The summed E-state index contributed by atoms with van der Waals surface area (Å²) < 4.78 is 21.2. The Hall–Kier alpha value is -3.24. The van der Waals surface area contributed by atoms with Gasteiger partial charge in [-0.25, -0.2) is 0 Å². The third-order valence-electron chi connectivity index (χ3n) is 8.75. The number of hydrogen-bond acceptors (Lipinski definition) is 19. The van der Waals surface area contributed by atoms with E-state index < -0.39 is 118 Å². The number of carbonyl (C=O) groups excluding carboxylic acids is 8. The lowest BCUT2D eigenvalue weighted by Crippen LogP contribution is -2.98. The molecule has 2 fully saturated rings. The highest BCUT2D eigenvalue weighted by atomic mass is 16.8. The van der Waals surface area contributed by atoms with Gasteiger partial charge in [-0.1, -0.05) is 0 Å². The van der Waals surface area contributed by atoms with Gasteiger partial charge in [0.1, 0.15) is 18.3 Å². The maximum atomic E-state index is 14.1. The molecule has 19 nitrogen and oxygen atoms in total. The molecule has 0 bridgehead atoms. The SMILES string of the molecule is CC(=O)OC1C(O)C(O)C(O[C@@]2(C(C)=O)[C@@](O)(C(C)=O)[C@](O)(C(C)=O)C(O)(C(C)=O)O[C@]2(C(C)=O)C(O)(C(C)=O)C(C)=O)O[C@@H]1CO. The highest BCUT2D eigenvalue weighted by Crippen LogP contribution is 2.60. The van der Waals surface area contributed by atoms with Crippen LogP contribution in [0.2, 0.25) is 0 Å². The molecule has 10 atom stereocenters. The van der Waals surface area contributed by atoms with Crippen molar-refractivity contribution in [1.82, 2.24) is 0 Å². The van der Waals surface area contributed by atoms with Gasteiger partial charge in [0.15, 0.2) is 52.9 Å². The van der Waals surface area contributed by atoms with Crippen LogP contribution in [0.3, 0.4) is 0 Å². The largest absolute Gasteiger partial charge is 0.457 e. The van der Waals surface area contributed by atoms with Crippen LogP contribution in [-0.4, -0.2) is 153 Å². The Balaban J connectivity index is 3.39. The maximum absolute atomic E-state index is 14.1. The Kier molecular flexibility index (Phi) is 10.8. The molecular weight excluding hydrogens is 640 g/mol. The van der Waals surface area contributed by atoms with E-state index in [-0.39, 0.29) is 0 Å². The van der Waals surface area contributed by atoms with Gasteiger partial charge >= 0.3 is 5.97 Å². The minimum atomic E-state index is -4.56. The maximum Gasteiger partial charge on any atom is 0.303 e. The van der Waals surface area contributed by atoms with Gasteiger partial charge in [0.25, 0.3) is 5.79 Å². The number of ether oxygens (including phenoxy) is 4. The number of rotatable bonds is 12. The Morgan fingerprint density at radius 2 is 1.17 bits per heavy atom. The molecule has 0 spiro atoms. The van der Waals surface area contributed by atoms with E-state index >= 15 is 0 Å². The molecule has 2 saturated heterocycles. The van der Waals surface area contributed by atoms with E-state index in [4.69, 9.17) is 18.9 Å². The molecule has 47 heavy (non-hydrogen) atoms. The summed E-state index contributed by atoms with van der Waals surface area (Å²) in [5, 5.41) is 79.6. The lowest BCUT2D eigenvalue weighted by atomic mass is 9.49. The van der Waals surface area contributed by atoms with Crippen LogP contribution >= 0.6 is 0 Å². The number of Topliss-reactive ketones (excluding diaryl/α,β-unsaturated/α-hetero) is 7. The molecular formula is C28H38O19. The van der Waals surface area contributed by atoms with Gasteiger partial charge in [0.2, 0.25) is 28.0 Å². The first kappa shape index (κ1) is 39.9. The average Bonchev–Trinajstić information content (AvgIpc) is 2.94. The second kappa shape index (κ2) is 12.7. The quantitative estimate of drug-likeness (QED) is 0.0749. The van der Waals surface area contributed by atoms with Crippen molar-refractivity contribution in [3.05, 3.63) is 0 Å². The van der Waals surface area contributed by atoms with Gasteiger partial charge in [0.05, 0.1) is 6.61 Å². The van der Waals surface area contributed by atoms with Gasteiger partial charge in [-0.2, -0.15) is 0 Å². The van der Waals surface area contributed by atoms with E-state index in [0.717, 1.165) is 6.92 Å².